The number of hydrogen-bond acceptors (Lipinski definition) is 2. The van der Waals surface area contributed by atoms with Gasteiger partial charge >= 0.3 is 5.97 Å². The maximum absolute atomic E-state index is 12.8. The number of rotatable bonds is 6. The molecule has 1 N–H and O–H groups in total. The predicted molar refractivity (Wildman–Crippen MR) is 86.5 cm³/mol. The van der Waals surface area contributed by atoms with Crippen LogP contribution in [0, 0.1) is 23.2 Å². The molecule has 0 spiro atoms. The topological polar surface area (TPSA) is 57.6 Å². The number of amides is 1. The number of likely N-dealkylation sites (tertiary alicyclic amines) is 1. The van der Waals surface area contributed by atoms with Crippen molar-refractivity contribution < 1.29 is 14.7 Å². The van der Waals surface area contributed by atoms with Gasteiger partial charge in [-0.3, -0.25) is 9.59 Å². The normalized spacial score (nSPS) is 27.5. The Bertz CT molecular complexity index is 415. The molecular weight excluding hydrogens is 278 g/mol. The Morgan fingerprint density at radius 1 is 1.27 bits per heavy atom. The summed E-state index contributed by atoms with van der Waals surface area (Å²) in [6.45, 7) is 6.99. The molecule has 22 heavy (non-hydrogen) atoms. The standard InChI is InChI=1S/C18H31NO3/c1-4-15(11-14-7-5-6-8-14)16(20)19-10-9-18(12-19,13(2)3)17(21)22/h13-15H,4-12H2,1-3H3,(H,21,22). The molecule has 126 valence electrons. The average molecular weight is 309 g/mol. The third-order valence-electron chi connectivity index (χ3n) is 6.08. The van der Waals surface area contributed by atoms with Crippen molar-refractivity contribution in [1.29, 1.82) is 0 Å². The van der Waals surface area contributed by atoms with E-state index in [1.807, 2.05) is 18.7 Å². The smallest absolute Gasteiger partial charge is 0.311 e. The van der Waals surface area contributed by atoms with Crippen LogP contribution >= 0.6 is 0 Å². The van der Waals surface area contributed by atoms with Crippen LogP contribution < -0.4 is 0 Å². The highest BCUT2D eigenvalue weighted by molar-refractivity contribution is 5.82. The summed E-state index contributed by atoms with van der Waals surface area (Å²) in [6, 6.07) is 0. The average Bonchev–Trinajstić information content (AvgIpc) is 3.13. The highest BCUT2D eigenvalue weighted by Crippen LogP contribution is 2.39. The molecule has 4 heteroatoms. The largest absolute Gasteiger partial charge is 0.481 e. The molecule has 0 aromatic rings. The molecule has 2 aliphatic rings. The van der Waals surface area contributed by atoms with Gasteiger partial charge in [0.15, 0.2) is 0 Å². The Hall–Kier alpha value is -1.06. The SMILES string of the molecule is CCC(CC1CCCC1)C(=O)N1CCC(C(=O)O)(C(C)C)C1. The fraction of sp³-hybridized carbons (Fsp3) is 0.889. The molecule has 1 saturated heterocycles. The molecule has 4 nitrogen and oxygen atoms in total. The second kappa shape index (κ2) is 7.01. The number of aliphatic carboxylic acids is 1. The fourth-order valence-electron chi connectivity index (χ4n) is 4.26. The summed E-state index contributed by atoms with van der Waals surface area (Å²) in [4.78, 5) is 26.4. The molecule has 1 saturated carbocycles. The quantitative estimate of drug-likeness (QED) is 0.816. The van der Waals surface area contributed by atoms with Crippen LogP contribution in [0.25, 0.3) is 0 Å². The second-order valence-electron chi connectivity index (χ2n) is 7.62. The van der Waals surface area contributed by atoms with Gasteiger partial charge in [-0.1, -0.05) is 46.5 Å². The van der Waals surface area contributed by atoms with Crippen LogP contribution in [0.4, 0.5) is 0 Å². The van der Waals surface area contributed by atoms with Crippen molar-refractivity contribution in [3.63, 3.8) is 0 Å². The van der Waals surface area contributed by atoms with E-state index in [0.717, 1.165) is 12.8 Å². The molecule has 0 radical (unpaired) electrons. The van der Waals surface area contributed by atoms with Gasteiger partial charge in [-0.2, -0.15) is 0 Å². The van der Waals surface area contributed by atoms with Crippen molar-refractivity contribution in [3.05, 3.63) is 0 Å². The minimum Gasteiger partial charge on any atom is -0.481 e. The minimum absolute atomic E-state index is 0.0534. The Labute approximate surface area is 134 Å². The van der Waals surface area contributed by atoms with Crippen LogP contribution in [0.1, 0.15) is 65.7 Å². The van der Waals surface area contributed by atoms with Crippen molar-refractivity contribution in [2.24, 2.45) is 23.2 Å². The van der Waals surface area contributed by atoms with Crippen LogP contribution in [0.15, 0.2) is 0 Å². The van der Waals surface area contributed by atoms with E-state index in [2.05, 4.69) is 6.92 Å². The summed E-state index contributed by atoms with van der Waals surface area (Å²) >= 11 is 0. The summed E-state index contributed by atoms with van der Waals surface area (Å²) < 4.78 is 0. The first-order chi connectivity index (χ1) is 10.4. The predicted octanol–water partition coefficient (Wildman–Crippen LogP) is 3.55. The Kier molecular flexibility index (Phi) is 5.51. The number of nitrogens with zero attached hydrogens (tertiary/aromatic N) is 1. The van der Waals surface area contributed by atoms with E-state index >= 15 is 0 Å². The van der Waals surface area contributed by atoms with Crippen LogP contribution in [0.3, 0.4) is 0 Å². The molecule has 2 rings (SSSR count). The first kappa shape index (κ1) is 17.3. The molecule has 1 heterocycles. The van der Waals surface area contributed by atoms with Gasteiger partial charge in [0.1, 0.15) is 0 Å². The fourth-order valence-corrected chi connectivity index (χ4v) is 4.26. The van der Waals surface area contributed by atoms with Crippen LogP contribution in [-0.4, -0.2) is 35.0 Å². The van der Waals surface area contributed by atoms with Gasteiger partial charge in [0, 0.05) is 19.0 Å². The molecule has 1 amide bonds. The number of carboxylic acid groups (broad SMARTS) is 1. The van der Waals surface area contributed by atoms with Crippen molar-refractivity contribution in [2.75, 3.05) is 13.1 Å². The van der Waals surface area contributed by atoms with E-state index in [4.69, 9.17) is 0 Å². The lowest BCUT2D eigenvalue weighted by atomic mass is 9.76. The summed E-state index contributed by atoms with van der Waals surface area (Å²) in [5.74, 6) is 0.281. The lowest BCUT2D eigenvalue weighted by Crippen LogP contribution is -2.42. The van der Waals surface area contributed by atoms with Crippen LogP contribution in [0.5, 0.6) is 0 Å². The minimum atomic E-state index is -0.749. The maximum atomic E-state index is 12.8. The molecule has 2 unspecified atom stereocenters. The molecule has 0 aromatic heterocycles. The van der Waals surface area contributed by atoms with E-state index in [1.165, 1.54) is 25.7 Å². The van der Waals surface area contributed by atoms with Crippen molar-refractivity contribution in [2.45, 2.75) is 65.7 Å². The van der Waals surface area contributed by atoms with Crippen molar-refractivity contribution in [1.82, 2.24) is 4.90 Å². The maximum Gasteiger partial charge on any atom is 0.311 e. The molecule has 2 fully saturated rings. The first-order valence-electron chi connectivity index (χ1n) is 8.93. The zero-order valence-corrected chi connectivity index (χ0v) is 14.3. The van der Waals surface area contributed by atoms with Gasteiger partial charge in [-0.15, -0.1) is 0 Å². The molecule has 0 bridgehead atoms. The Morgan fingerprint density at radius 2 is 1.91 bits per heavy atom. The molecule has 1 aliphatic carbocycles. The van der Waals surface area contributed by atoms with Gasteiger partial charge in [-0.25, -0.2) is 0 Å². The summed E-state index contributed by atoms with van der Waals surface area (Å²) in [5, 5.41) is 9.62. The Balaban J connectivity index is 2.01. The van der Waals surface area contributed by atoms with Gasteiger partial charge < -0.3 is 10.0 Å². The van der Waals surface area contributed by atoms with Crippen molar-refractivity contribution >= 4 is 11.9 Å². The highest BCUT2D eigenvalue weighted by Gasteiger charge is 2.49. The highest BCUT2D eigenvalue weighted by atomic mass is 16.4. The number of hydrogen-bond donors (Lipinski definition) is 1. The zero-order valence-electron chi connectivity index (χ0n) is 14.3. The third-order valence-corrected chi connectivity index (χ3v) is 6.08. The lowest BCUT2D eigenvalue weighted by molar-refractivity contribution is -0.151. The monoisotopic (exact) mass is 309 g/mol. The number of carbonyl (C=O) groups is 2. The number of carboxylic acids is 1. The van der Waals surface area contributed by atoms with Gasteiger partial charge in [0.25, 0.3) is 0 Å². The van der Waals surface area contributed by atoms with Gasteiger partial charge in [-0.05, 0) is 31.1 Å². The van der Waals surface area contributed by atoms with Crippen LogP contribution in [-0.2, 0) is 9.59 Å². The van der Waals surface area contributed by atoms with E-state index < -0.39 is 11.4 Å². The third kappa shape index (κ3) is 3.31. The molecule has 1 aliphatic heterocycles. The van der Waals surface area contributed by atoms with E-state index in [-0.39, 0.29) is 17.7 Å². The number of carbonyl (C=O) groups excluding carboxylic acids is 1. The summed E-state index contributed by atoms with van der Waals surface area (Å²) in [5.41, 5.74) is -0.749. The summed E-state index contributed by atoms with van der Waals surface area (Å²) in [6.07, 6.45) is 7.57. The zero-order chi connectivity index (χ0) is 16.3. The molecule has 0 aromatic carbocycles. The van der Waals surface area contributed by atoms with E-state index in [1.54, 1.807) is 0 Å². The van der Waals surface area contributed by atoms with E-state index in [0.29, 0.717) is 25.4 Å². The van der Waals surface area contributed by atoms with E-state index in [9.17, 15) is 14.7 Å². The first-order valence-corrected chi connectivity index (χ1v) is 8.93. The van der Waals surface area contributed by atoms with Gasteiger partial charge in [0.2, 0.25) is 5.91 Å². The molecular formula is C18H31NO3. The van der Waals surface area contributed by atoms with Gasteiger partial charge in [0.05, 0.1) is 5.41 Å². The van der Waals surface area contributed by atoms with Crippen molar-refractivity contribution in [3.8, 4) is 0 Å². The molecule has 2 atom stereocenters. The summed E-state index contributed by atoms with van der Waals surface area (Å²) in [7, 11) is 0. The second-order valence-corrected chi connectivity index (χ2v) is 7.62. The van der Waals surface area contributed by atoms with Crippen LogP contribution in [0.2, 0.25) is 0 Å². The Morgan fingerprint density at radius 3 is 2.36 bits per heavy atom. The lowest BCUT2D eigenvalue weighted by Gasteiger charge is -2.30.